The number of benzene rings is 2. The number of nitrogens with zero attached hydrogens (tertiary/aromatic N) is 3. The Kier molecular flexibility index (Phi) is 6.67. The van der Waals surface area contributed by atoms with Gasteiger partial charge in [-0.3, -0.25) is 4.79 Å². The molecule has 0 saturated heterocycles. The van der Waals surface area contributed by atoms with E-state index in [0.29, 0.717) is 18.3 Å². The van der Waals surface area contributed by atoms with Crippen molar-refractivity contribution < 1.29 is 14.1 Å². The monoisotopic (exact) mass is 405 g/mol. The molecule has 0 bridgehead atoms. The molecule has 0 atom stereocenters. The van der Waals surface area contributed by atoms with Crippen LogP contribution in [0.4, 0.5) is 0 Å². The zero-order valence-electron chi connectivity index (χ0n) is 17.9. The Morgan fingerprint density at radius 3 is 2.70 bits per heavy atom. The standard InChI is InChI=1S/C24H27N3O3/c1-6-10-27(23(28)15-29-21-13-17(3)11-18(4)19(21)5)14-22-25-24(26-30-22)20-9-7-8-16(2)12-20/h6-9,11-13H,1,10,14-15H2,2-5H3. The second kappa shape index (κ2) is 9.39. The molecule has 0 saturated carbocycles. The third kappa shape index (κ3) is 5.14. The van der Waals surface area contributed by atoms with Crippen LogP contribution in [0.15, 0.2) is 53.6 Å². The van der Waals surface area contributed by atoms with Crippen LogP contribution in [0.3, 0.4) is 0 Å². The maximum atomic E-state index is 12.8. The second-order valence-corrected chi connectivity index (χ2v) is 7.44. The fraction of sp³-hybridized carbons (Fsp3) is 0.292. The topological polar surface area (TPSA) is 68.5 Å². The summed E-state index contributed by atoms with van der Waals surface area (Å²) in [5.74, 6) is 1.41. The summed E-state index contributed by atoms with van der Waals surface area (Å²) in [4.78, 5) is 18.8. The summed E-state index contributed by atoms with van der Waals surface area (Å²) in [6.07, 6.45) is 1.66. The highest BCUT2D eigenvalue weighted by atomic mass is 16.5. The van der Waals surface area contributed by atoms with Gasteiger partial charge in [-0.25, -0.2) is 0 Å². The van der Waals surface area contributed by atoms with E-state index in [4.69, 9.17) is 9.26 Å². The molecule has 0 aliphatic carbocycles. The van der Waals surface area contributed by atoms with Crippen molar-refractivity contribution in [3.63, 3.8) is 0 Å². The molecule has 156 valence electrons. The minimum absolute atomic E-state index is 0.0730. The van der Waals surface area contributed by atoms with Gasteiger partial charge in [0, 0.05) is 12.1 Å². The predicted octanol–water partition coefficient (Wildman–Crippen LogP) is 4.56. The fourth-order valence-electron chi connectivity index (χ4n) is 3.18. The molecule has 3 rings (SSSR count). The van der Waals surface area contributed by atoms with Gasteiger partial charge in [-0.2, -0.15) is 4.98 Å². The minimum atomic E-state index is -0.177. The van der Waals surface area contributed by atoms with Crippen LogP contribution in [0.1, 0.15) is 28.1 Å². The largest absolute Gasteiger partial charge is 0.483 e. The number of carbonyl (C=O) groups excluding carboxylic acids is 1. The molecule has 2 aromatic carbocycles. The third-order valence-corrected chi connectivity index (χ3v) is 4.89. The highest BCUT2D eigenvalue weighted by Gasteiger charge is 2.18. The maximum Gasteiger partial charge on any atom is 0.261 e. The lowest BCUT2D eigenvalue weighted by Crippen LogP contribution is -2.34. The van der Waals surface area contributed by atoms with Gasteiger partial charge in [0.25, 0.3) is 5.91 Å². The highest BCUT2D eigenvalue weighted by molar-refractivity contribution is 5.78. The van der Waals surface area contributed by atoms with Crippen molar-refractivity contribution in [1.29, 1.82) is 0 Å². The summed E-state index contributed by atoms with van der Waals surface area (Å²) in [6.45, 7) is 12.2. The summed E-state index contributed by atoms with van der Waals surface area (Å²) in [7, 11) is 0. The number of carbonyl (C=O) groups is 1. The fourth-order valence-corrected chi connectivity index (χ4v) is 3.18. The van der Waals surface area contributed by atoms with Crippen molar-refractivity contribution in [1.82, 2.24) is 15.0 Å². The number of ether oxygens (including phenoxy) is 1. The number of amides is 1. The van der Waals surface area contributed by atoms with Gasteiger partial charge < -0.3 is 14.2 Å². The SMILES string of the molecule is C=CCN(Cc1nc(-c2cccc(C)c2)no1)C(=O)COc1cc(C)cc(C)c1C. The van der Waals surface area contributed by atoms with Crippen molar-refractivity contribution >= 4 is 5.91 Å². The summed E-state index contributed by atoms with van der Waals surface area (Å²) in [6, 6.07) is 11.9. The van der Waals surface area contributed by atoms with Crippen LogP contribution in [0.25, 0.3) is 11.4 Å². The lowest BCUT2D eigenvalue weighted by Gasteiger charge is -2.20. The first-order chi connectivity index (χ1) is 14.4. The van der Waals surface area contributed by atoms with Crippen LogP contribution in [-0.4, -0.2) is 34.1 Å². The molecule has 3 aromatic rings. The van der Waals surface area contributed by atoms with Gasteiger partial charge in [0.05, 0.1) is 0 Å². The van der Waals surface area contributed by atoms with Crippen LogP contribution < -0.4 is 4.74 Å². The van der Waals surface area contributed by atoms with Crippen molar-refractivity contribution in [3.05, 3.63) is 77.2 Å². The third-order valence-electron chi connectivity index (χ3n) is 4.89. The van der Waals surface area contributed by atoms with Crippen molar-refractivity contribution in [2.45, 2.75) is 34.2 Å². The van der Waals surface area contributed by atoms with Crippen molar-refractivity contribution in [2.24, 2.45) is 0 Å². The number of rotatable bonds is 8. The Bertz CT molecular complexity index is 1060. The normalized spacial score (nSPS) is 10.7. The van der Waals surface area contributed by atoms with Gasteiger partial charge in [-0.15, -0.1) is 6.58 Å². The van der Waals surface area contributed by atoms with Gasteiger partial charge in [0.1, 0.15) is 12.3 Å². The van der Waals surface area contributed by atoms with E-state index >= 15 is 0 Å². The average molecular weight is 405 g/mol. The van der Waals surface area contributed by atoms with E-state index in [1.54, 1.807) is 11.0 Å². The molecule has 6 heteroatoms. The van der Waals surface area contributed by atoms with Crippen LogP contribution >= 0.6 is 0 Å². The number of hydrogen-bond acceptors (Lipinski definition) is 5. The molecule has 1 aromatic heterocycles. The predicted molar refractivity (Wildman–Crippen MR) is 116 cm³/mol. The Morgan fingerprint density at radius 1 is 1.17 bits per heavy atom. The molecule has 0 spiro atoms. The molecule has 0 fully saturated rings. The number of hydrogen-bond donors (Lipinski definition) is 0. The lowest BCUT2D eigenvalue weighted by molar-refractivity contribution is -0.133. The first-order valence-corrected chi connectivity index (χ1v) is 9.86. The Hall–Kier alpha value is -3.41. The van der Waals surface area contributed by atoms with Gasteiger partial charge in [0.15, 0.2) is 6.61 Å². The van der Waals surface area contributed by atoms with Gasteiger partial charge in [-0.1, -0.05) is 41.1 Å². The molecule has 30 heavy (non-hydrogen) atoms. The summed E-state index contributed by atoms with van der Waals surface area (Å²) < 4.78 is 11.2. The van der Waals surface area contributed by atoms with Crippen LogP contribution in [0, 0.1) is 27.7 Å². The quantitative estimate of drug-likeness (QED) is 0.514. The van der Waals surface area contributed by atoms with E-state index in [-0.39, 0.29) is 19.1 Å². The van der Waals surface area contributed by atoms with E-state index < -0.39 is 0 Å². The molecule has 1 amide bonds. The molecular weight excluding hydrogens is 378 g/mol. The smallest absolute Gasteiger partial charge is 0.261 e. The molecule has 1 heterocycles. The molecular formula is C24H27N3O3. The van der Waals surface area contributed by atoms with E-state index in [9.17, 15) is 4.79 Å². The van der Waals surface area contributed by atoms with Gasteiger partial charge in [0.2, 0.25) is 11.7 Å². The molecule has 0 aliphatic rings. The highest BCUT2D eigenvalue weighted by Crippen LogP contribution is 2.23. The van der Waals surface area contributed by atoms with Crippen LogP contribution in [0.5, 0.6) is 5.75 Å². The van der Waals surface area contributed by atoms with Crippen molar-refractivity contribution in [2.75, 3.05) is 13.2 Å². The van der Waals surface area contributed by atoms with Crippen LogP contribution in [0.2, 0.25) is 0 Å². The van der Waals surface area contributed by atoms with E-state index in [1.807, 2.05) is 58.0 Å². The number of aryl methyl sites for hydroxylation is 3. The zero-order valence-corrected chi connectivity index (χ0v) is 17.9. The molecule has 0 aliphatic heterocycles. The molecule has 6 nitrogen and oxygen atoms in total. The molecule has 0 N–H and O–H groups in total. The Balaban J connectivity index is 1.69. The average Bonchev–Trinajstić information content (AvgIpc) is 3.17. The maximum absolute atomic E-state index is 12.8. The van der Waals surface area contributed by atoms with Crippen molar-refractivity contribution in [3.8, 4) is 17.1 Å². The summed E-state index contributed by atoms with van der Waals surface area (Å²) >= 11 is 0. The van der Waals surface area contributed by atoms with Gasteiger partial charge >= 0.3 is 0 Å². The zero-order chi connectivity index (χ0) is 21.7. The molecule has 0 radical (unpaired) electrons. The summed E-state index contributed by atoms with van der Waals surface area (Å²) in [5, 5.41) is 4.04. The number of aromatic nitrogens is 2. The Morgan fingerprint density at radius 2 is 1.97 bits per heavy atom. The second-order valence-electron chi connectivity index (χ2n) is 7.44. The van der Waals surface area contributed by atoms with Crippen LogP contribution in [-0.2, 0) is 11.3 Å². The minimum Gasteiger partial charge on any atom is -0.483 e. The van der Waals surface area contributed by atoms with E-state index in [1.165, 1.54) is 0 Å². The lowest BCUT2D eigenvalue weighted by atomic mass is 10.1. The first kappa shape index (κ1) is 21.3. The van der Waals surface area contributed by atoms with E-state index in [0.717, 1.165) is 33.6 Å². The van der Waals surface area contributed by atoms with Gasteiger partial charge in [-0.05, 0) is 56.5 Å². The van der Waals surface area contributed by atoms with E-state index in [2.05, 4.69) is 22.8 Å². The summed E-state index contributed by atoms with van der Waals surface area (Å²) in [5.41, 5.74) is 5.25. The first-order valence-electron chi connectivity index (χ1n) is 9.86. The Labute approximate surface area is 177 Å². The molecule has 0 unspecified atom stereocenters.